The predicted molar refractivity (Wildman–Crippen MR) is 80.7 cm³/mol. The van der Waals surface area contributed by atoms with E-state index in [-0.39, 0.29) is 11.8 Å². The maximum absolute atomic E-state index is 13.2. The molecule has 0 heterocycles. The fourth-order valence-electron chi connectivity index (χ4n) is 3.57. The van der Waals surface area contributed by atoms with Crippen molar-refractivity contribution in [3.63, 3.8) is 0 Å². The van der Waals surface area contributed by atoms with Gasteiger partial charge in [0.05, 0.1) is 4.75 Å². The van der Waals surface area contributed by atoms with Gasteiger partial charge in [-0.25, -0.2) is 8.42 Å². The molecule has 0 amide bonds. The molecule has 3 atom stereocenters. The maximum atomic E-state index is 13.2. The average molecular weight is 280 g/mol. The maximum Gasteiger partial charge on any atom is 0.165 e. The Balaban J connectivity index is 2.58. The Morgan fingerprint density at radius 2 is 2.05 bits per heavy atom. The molecule has 1 saturated carbocycles. The van der Waals surface area contributed by atoms with Crippen LogP contribution in [0, 0.1) is 11.8 Å². The summed E-state index contributed by atoms with van der Waals surface area (Å²) in [6.45, 7) is 13.3. The molecule has 0 aromatic rings. The lowest BCUT2D eigenvalue weighted by Gasteiger charge is -2.41. The second-order valence-electron chi connectivity index (χ2n) is 6.69. The van der Waals surface area contributed by atoms with E-state index in [1.54, 1.807) is 20.8 Å². The molecule has 2 rings (SSSR count). The third kappa shape index (κ3) is 1.78. The van der Waals surface area contributed by atoms with Crippen LogP contribution in [0.25, 0.3) is 0 Å². The fourth-order valence-corrected chi connectivity index (χ4v) is 6.12. The highest BCUT2D eigenvalue weighted by Gasteiger charge is 2.61. The molecule has 0 aromatic heterocycles. The molecule has 106 valence electrons. The van der Waals surface area contributed by atoms with E-state index in [1.807, 2.05) is 6.08 Å². The van der Waals surface area contributed by atoms with Crippen LogP contribution in [-0.2, 0) is 9.84 Å². The van der Waals surface area contributed by atoms with Gasteiger partial charge in [0, 0.05) is 5.92 Å². The molecule has 0 spiro atoms. The number of fused-ring (bicyclic) bond motifs is 2. The van der Waals surface area contributed by atoms with Crippen molar-refractivity contribution in [2.75, 3.05) is 0 Å². The Morgan fingerprint density at radius 1 is 1.42 bits per heavy atom. The summed E-state index contributed by atoms with van der Waals surface area (Å²) >= 11 is 0. The van der Waals surface area contributed by atoms with Gasteiger partial charge >= 0.3 is 0 Å². The van der Waals surface area contributed by atoms with Crippen molar-refractivity contribution in [3.05, 3.63) is 37.0 Å². The third-order valence-corrected chi connectivity index (χ3v) is 8.02. The standard InChI is InChI=1S/C16H24O2S/c1-6-7-10-16(19(17,18)15(3,4)5)12(2)13-8-9-14(16)11-13/h6,8-9,13-14H,1-2,7,10-11H2,3-5H3/t13-,14+,16-/m0/s1. The first-order valence-electron chi connectivity index (χ1n) is 6.91. The van der Waals surface area contributed by atoms with E-state index in [4.69, 9.17) is 0 Å². The summed E-state index contributed by atoms with van der Waals surface area (Å²) in [5.74, 6) is 0.334. The topological polar surface area (TPSA) is 34.1 Å². The Bertz CT molecular complexity index is 534. The molecular formula is C16H24O2S. The zero-order chi connectivity index (χ0) is 14.5. The zero-order valence-electron chi connectivity index (χ0n) is 12.1. The van der Waals surface area contributed by atoms with Gasteiger partial charge in [0.1, 0.15) is 4.75 Å². The molecule has 0 aromatic carbocycles. The molecular weight excluding hydrogens is 256 g/mol. The van der Waals surface area contributed by atoms with E-state index in [9.17, 15) is 8.42 Å². The highest BCUT2D eigenvalue weighted by atomic mass is 32.2. The average Bonchev–Trinajstić information content (AvgIpc) is 2.86. The van der Waals surface area contributed by atoms with Gasteiger partial charge < -0.3 is 0 Å². The second-order valence-corrected chi connectivity index (χ2v) is 9.65. The number of hydrogen-bond donors (Lipinski definition) is 0. The lowest BCUT2D eigenvalue weighted by atomic mass is 9.85. The van der Waals surface area contributed by atoms with E-state index in [0.29, 0.717) is 12.8 Å². The zero-order valence-corrected chi connectivity index (χ0v) is 13.0. The minimum atomic E-state index is -3.29. The fraction of sp³-hybridized carbons (Fsp3) is 0.625. The minimum absolute atomic E-state index is 0.0918. The molecule has 0 saturated heterocycles. The van der Waals surface area contributed by atoms with Crippen molar-refractivity contribution < 1.29 is 8.42 Å². The Morgan fingerprint density at radius 3 is 2.47 bits per heavy atom. The molecule has 0 unspecified atom stereocenters. The molecule has 2 aliphatic carbocycles. The second kappa shape index (κ2) is 4.34. The first-order chi connectivity index (χ1) is 8.68. The summed E-state index contributed by atoms with van der Waals surface area (Å²) in [6, 6.07) is 0. The molecule has 1 fully saturated rings. The van der Waals surface area contributed by atoms with Crippen LogP contribution in [0.5, 0.6) is 0 Å². The van der Waals surface area contributed by atoms with Gasteiger partial charge in [0.2, 0.25) is 0 Å². The summed E-state index contributed by atoms with van der Waals surface area (Å²) in [6.07, 6.45) is 8.25. The number of allylic oxidation sites excluding steroid dienone is 3. The lowest BCUT2D eigenvalue weighted by molar-refractivity contribution is 0.453. The van der Waals surface area contributed by atoms with Gasteiger partial charge in [-0.05, 0) is 51.5 Å². The molecule has 19 heavy (non-hydrogen) atoms. The van der Waals surface area contributed by atoms with Crippen LogP contribution < -0.4 is 0 Å². The Hall–Kier alpha value is -0.830. The van der Waals surface area contributed by atoms with Crippen molar-refractivity contribution in [2.45, 2.75) is 49.5 Å². The third-order valence-electron chi connectivity index (χ3n) is 4.68. The van der Waals surface area contributed by atoms with Gasteiger partial charge in [-0.3, -0.25) is 0 Å². The van der Waals surface area contributed by atoms with Crippen LogP contribution in [0.4, 0.5) is 0 Å². The van der Waals surface area contributed by atoms with Gasteiger partial charge in [-0.15, -0.1) is 6.58 Å². The summed E-state index contributed by atoms with van der Waals surface area (Å²) in [4.78, 5) is 0. The van der Waals surface area contributed by atoms with E-state index < -0.39 is 19.3 Å². The summed E-state index contributed by atoms with van der Waals surface area (Å²) in [7, 11) is -3.29. The van der Waals surface area contributed by atoms with E-state index >= 15 is 0 Å². The van der Waals surface area contributed by atoms with Crippen LogP contribution >= 0.6 is 0 Å². The smallest absolute Gasteiger partial charge is 0.165 e. The molecule has 2 nitrogen and oxygen atoms in total. The van der Waals surface area contributed by atoms with Crippen molar-refractivity contribution >= 4 is 9.84 Å². The summed E-state index contributed by atoms with van der Waals surface area (Å²) in [5, 5.41) is 0. The van der Waals surface area contributed by atoms with Gasteiger partial charge in [-0.2, -0.15) is 0 Å². The predicted octanol–water partition coefficient (Wildman–Crippen LogP) is 3.67. The van der Waals surface area contributed by atoms with Gasteiger partial charge in [0.25, 0.3) is 0 Å². The Kier molecular flexibility index (Phi) is 3.33. The van der Waals surface area contributed by atoms with Crippen molar-refractivity contribution in [1.82, 2.24) is 0 Å². The number of hydrogen-bond acceptors (Lipinski definition) is 2. The normalized spacial score (nSPS) is 33.9. The van der Waals surface area contributed by atoms with Gasteiger partial charge in [-0.1, -0.05) is 24.8 Å². The van der Waals surface area contributed by atoms with E-state index in [1.165, 1.54) is 0 Å². The monoisotopic (exact) mass is 280 g/mol. The van der Waals surface area contributed by atoms with Crippen molar-refractivity contribution in [3.8, 4) is 0 Å². The lowest BCUT2D eigenvalue weighted by Crippen LogP contribution is -2.51. The van der Waals surface area contributed by atoms with Crippen LogP contribution in [-0.4, -0.2) is 17.9 Å². The number of sulfone groups is 1. The summed E-state index contributed by atoms with van der Waals surface area (Å²) in [5.41, 5.74) is 0.900. The quantitative estimate of drug-likeness (QED) is 0.736. The molecule has 0 N–H and O–H groups in total. The SMILES string of the molecule is C=CCC[C@]1(S(=O)(=O)C(C)(C)C)C(=C)[C@H]2C=C[C@@H]1C2. The van der Waals surface area contributed by atoms with Crippen LogP contribution in [0.3, 0.4) is 0 Å². The largest absolute Gasteiger partial charge is 0.227 e. The van der Waals surface area contributed by atoms with Crippen LogP contribution in [0.2, 0.25) is 0 Å². The molecule has 0 aliphatic heterocycles. The first-order valence-corrected chi connectivity index (χ1v) is 8.39. The van der Waals surface area contributed by atoms with Crippen molar-refractivity contribution in [1.29, 1.82) is 0 Å². The van der Waals surface area contributed by atoms with Gasteiger partial charge in [0.15, 0.2) is 9.84 Å². The minimum Gasteiger partial charge on any atom is -0.227 e. The highest BCUT2D eigenvalue weighted by molar-refractivity contribution is 7.94. The van der Waals surface area contributed by atoms with E-state index in [0.717, 1.165) is 12.0 Å². The highest BCUT2D eigenvalue weighted by Crippen LogP contribution is 2.57. The summed E-state index contributed by atoms with van der Waals surface area (Å²) < 4.78 is 24.8. The van der Waals surface area contributed by atoms with E-state index in [2.05, 4.69) is 25.3 Å². The van der Waals surface area contributed by atoms with Crippen molar-refractivity contribution in [2.24, 2.45) is 11.8 Å². The van der Waals surface area contributed by atoms with Crippen LogP contribution in [0.15, 0.2) is 37.0 Å². The molecule has 0 radical (unpaired) electrons. The molecule has 2 aliphatic rings. The van der Waals surface area contributed by atoms with Crippen LogP contribution in [0.1, 0.15) is 40.0 Å². The Labute approximate surface area is 117 Å². The molecule has 2 bridgehead atoms. The number of rotatable bonds is 4. The first kappa shape index (κ1) is 14.6. The molecule has 3 heteroatoms.